The summed E-state index contributed by atoms with van der Waals surface area (Å²) in [5.41, 5.74) is 2.76. The van der Waals surface area contributed by atoms with Crippen LogP contribution in [0.25, 0.3) is 0 Å². The van der Waals surface area contributed by atoms with E-state index < -0.39 is 0 Å². The van der Waals surface area contributed by atoms with Gasteiger partial charge >= 0.3 is 0 Å². The molecule has 0 bridgehead atoms. The molecule has 20 heavy (non-hydrogen) atoms. The van der Waals surface area contributed by atoms with Crippen molar-refractivity contribution in [1.29, 1.82) is 5.26 Å². The normalized spacial score (nSPS) is 9.85. The fourth-order valence-electron chi connectivity index (χ4n) is 2.03. The quantitative estimate of drug-likeness (QED) is 0.899. The molecule has 2 rings (SSSR count). The van der Waals surface area contributed by atoms with Crippen LogP contribution in [0.15, 0.2) is 42.6 Å². The van der Waals surface area contributed by atoms with Gasteiger partial charge < -0.3 is 10.2 Å². The summed E-state index contributed by atoms with van der Waals surface area (Å²) >= 11 is 0. The second kappa shape index (κ2) is 6.58. The highest BCUT2D eigenvalue weighted by atomic mass is 15.1. The van der Waals surface area contributed by atoms with Crippen LogP contribution in [0.3, 0.4) is 0 Å². The molecule has 0 unspecified atom stereocenters. The van der Waals surface area contributed by atoms with Crippen molar-refractivity contribution in [3.63, 3.8) is 0 Å². The Balaban J connectivity index is 2.08. The highest BCUT2D eigenvalue weighted by Gasteiger charge is 2.02. The summed E-state index contributed by atoms with van der Waals surface area (Å²) in [5.74, 6) is 0.736. The summed E-state index contributed by atoms with van der Waals surface area (Å²) in [6.45, 7) is 6.30. The van der Waals surface area contributed by atoms with Crippen molar-refractivity contribution in [2.24, 2.45) is 0 Å². The van der Waals surface area contributed by atoms with Gasteiger partial charge in [0.05, 0.1) is 5.56 Å². The standard InChI is InChI=1S/C16H18N4/c1-3-20(4-2)15-8-6-14(7-9-15)19-16-10-5-13(11-17)12-18-16/h5-10,12H,3-4H2,1-2H3,(H,18,19). The smallest absolute Gasteiger partial charge is 0.130 e. The van der Waals surface area contributed by atoms with Gasteiger partial charge in [0.2, 0.25) is 0 Å². The molecule has 1 heterocycles. The van der Waals surface area contributed by atoms with Gasteiger partial charge in [0.15, 0.2) is 0 Å². The molecule has 0 radical (unpaired) electrons. The van der Waals surface area contributed by atoms with Crippen molar-refractivity contribution in [3.8, 4) is 6.07 Å². The second-order valence-corrected chi connectivity index (χ2v) is 4.39. The molecule has 0 aliphatic carbocycles. The van der Waals surface area contributed by atoms with Gasteiger partial charge in [-0.05, 0) is 50.2 Å². The van der Waals surface area contributed by atoms with Gasteiger partial charge in [0.1, 0.15) is 11.9 Å². The molecule has 4 nitrogen and oxygen atoms in total. The molecule has 0 aliphatic rings. The van der Waals surface area contributed by atoms with Crippen molar-refractivity contribution in [2.75, 3.05) is 23.3 Å². The maximum atomic E-state index is 8.73. The zero-order chi connectivity index (χ0) is 14.4. The third kappa shape index (κ3) is 3.27. The maximum Gasteiger partial charge on any atom is 0.130 e. The number of nitriles is 1. The minimum Gasteiger partial charge on any atom is -0.372 e. The lowest BCUT2D eigenvalue weighted by Gasteiger charge is -2.21. The van der Waals surface area contributed by atoms with Crippen LogP contribution in [-0.2, 0) is 0 Å². The molecule has 0 saturated heterocycles. The summed E-state index contributed by atoms with van der Waals surface area (Å²) < 4.78 is 0. The van der Waals surface area contributed by atoms with Crippen LogP contribution in [0.2, 0.25) is 0 Å². The Labute approximate surface area is 119 Å². The first kappa shape index (κ1) is 13.9. The van der Waals surface area contributed by atoms with Crippen molar-refractivity contribution >= 4 is 17.2 Å². The minimum absolute atomic E-state index is 0.562. The maximum absolute atomic E-state index is 8.73. The average Bonchev–Trinajstić information content (AvgIpc) is 2.51. The number of nitrogens with zero attached hydrogens (tertiary/aromatic N) is 3. The Bertz CT molecular complexity index is 577. The number of benzene rings is 1. The Morgan fingerprint density at radius 3 is 2.30 bits per heavy atom. The lowest BCUT2D eigenvalue weighted by atomic mass is 10.2. The Morgan fingerprint density at radius 2 is 1.80 bits per heavy atom. The van der Waals surface area contributed by atoms with Gasteiger partial charge in [-0.15, -0.1) is 0 Å². The minimum atomic E-state index is 0.562. The summed E-state index contributed by atoms with van der Waals surface area (Å²) in [7, 11) is 0. The number of aromatic nitrogens is 1. The van der Waals surface area contributed by atoms with Gasteiger partial charge in [0, 0.05) is 30.7 Å². The van der Waals surface area contributed by atoms with Gasteiger partial charge in [-0.1, -0.05) is 0 Å². The third-order valence-corrected chi connectivity index (χ3v) is 3.16. The first-order valence-electron chi connectivity index (χ1n) is 6.75. The van der Waals surface area contributed by atoms with E-state index in [4.69, 9.17) is 5.26 Å². The van der Waals surface area contributed by atoms with Gasteiger partial charge in [-0.2, -0.15) is 5.26 Å². The zero-order valence-corrected chi connectivity index (χ0v) is 11.8. The first-order chi connectivity index (χ1) is 9.76. The van der Waals surface area contributed by atoms with Crippen molar-refractivity contribution in [1.82, 2.24) is 4.98 Å². The predicted octanol–water partition coefficient (Wildman–Crippen LogP) is 3.54. The molecular weight excluding hydrogens is 248 g/mol. The van der Waals surface area contributed by atoms with E-state index in [9.17, 15) is 0 Å². The number of hydrogen-bond donors (Lipinski definition) is 1. The summed E-state index contributed by atoms with van der Waals surface area (Å²) in [6, 6.07) is 13.9. The lowest BCUT2D eigenvalue weighted by Crippen LogP contribution is -2.21. The molecule has 1 aromatic carbocycles. The van der Waals surface area contributed by atoms with Crippen molar-refractivity contribution < 1.29 is 0 Å². The zero-order valence-electron chi connectivity index (χ0n) is 11.8. The molecule has 0 fully saturated rings. The molecule has 0 atom stereocenters. The van der Waals surface area contributed by atoms with E-state index in [0.29, 0.717) is 5.56 Å². The number of pyridine rings is 1. The molecule has 0 amide bonds. The van der Waals surface area contributed by atoms with Crippen LogP contribution in [0, 0.1) is 11.3 Å². The van der Waals surface area contributed by atoms with Crippen LogP contribution >= 0.6 is 0 Å². The van der Waals surface area contributed by atoms with Crippen LogP contribution in [0.1, 0.15) is 19.4 Å². The van der Waals surface area contributed by atoms with Gasteiger partial charge in [-0.25, -0.2) is 4.98 Å². The molecule has 102 valence electrons. The molecule has 4 heteroatoms. The predicted molar refractivity (Wildman–Crippen MR) is 82.2 cm³/mol. The van der Waals surface area contributed by atoms with E-state index in [1.165, 1.54) is 5.69 Å². The van der Waals surface area contributed by atoms with Gasteiger partial charge in [0.25, 0.3) is 0 Å². The highest BCUT2D eigenvalue weighted by molar-refractivity contribution is 5.61. The van der Waals surface area contributed by atoms with Crippen LogP contribution < -0.4 is 10.2 Å². The highest BCUT2D eigenvalue weighted by Crippen LogP contribution is 2.20. The molecule has 1 N–H and O–H groups in total. The Hall–Kier alpha value is -2.54. The van der Waals surface area contributed by atoms with Crippen LogP contribution in [0.4, 0.5) is 17.2 Å². The number of nitrogens with one attached hydrogen (secondary N) is 1. The van der Waals surface area contributed by atoms with E-state index >= 15 is 0 Å². The molecule has 1 aromatic heterocycles. The molecule has 0 saturated carbocycles. The monoisotopic (exact) mass is 266 g/mol. The van der Waals surface area contributed by atoms with E-state index in [1.807, 2.05) is 12.1 Å². The molecule has 2 aromatic rings. The van der Waals surface area contributed by atoms with Crippen LogP contribution in [0.5, 0.6) is 0 Å². The summed E-state index contributed by atoms with van der Waals surface area (Å²) in [6.07, 6.45) is 1.56. The Morgan fingerprint density at radius 1 is 1.10 bits per heavy atom. The fourth-order valence-corrected chi connectivity index (χ4v) is 2.03. The number of rotatable bonds is 5. The second-order valence-electron chi connectivity index (χ2n) is 4.39. The number of anilines is 3. The van der Waals surface area contributed by atoms with E-state index in [-0.39, 0.29) is 0 Å². The van der Waals surface area contributed by atoms with Crippen molar-refractivity contribution in [3.05, 3.63) is 48.2 Å². The number of hydrogen-bond acceptors (Lipinski definition) is 4. The van der Waals surface area contributed by atoms with E-state index in [1.54, 1.807) is 18.3 Å². The van der Waals surface area contributed by atoms with E-state index in [2.05, 4.69) is 47.3 Å². The molecule has 0 spiro atoms. The first-order valence-corrected chi connectivity index (χ1v) is 6.75. The Kier molecular flexibility index (Phi) is 4.56. The van der Waals surface area contributed by atoms with Crippen LogP contribution in [-0.4, -0.2) is 18.1 Å². The lowest BCUT2D eigenvalue weighted by molar-refractivity contribution is 0.866. The third-order valence-electron chi connectivity index (χ3n) is 3.16. The van der Waals surface area contributed by atoms with E-state index in [0.717, 1.165) is 24.6 Å². The molecule has 0 aliphatic heterocycles. The fraction of sp³-hybridized carbons (Fsp3) is 0.250. The molecular formula is C16H18N4. The summed E-state index contributed by atoms with van der Waals surface area (Å²) in [5, 5.41) is 12.0. The van der Waals surface area contributed by atoms with Crippen molar-refractivity contribution in [2.45, 2.75) is 13.8 Å². The topological polar surface area (TPSA) is 52.0 Å². The SMILES string of the molecule is CCN(CC)c1ccc(Nc2ccc(C#N)cn2)cc1. The summed E-state index contributed by atoms with van der Waals surface area (Å²) in [4.78, 5) is 6.49. The average molecular weight is 266 g/mol. The van der Waals surface area contributed by atoms with Gasteiger partial charge in [-0.3, -0.25) is 0 Å². The largest absolute Gasteiger partial charge is 0.372 e.